The first-order valence-electron chi connectivity index (χ1n) is 12.9. The number of methoxy groups -OCH3 is 1. The van der Waals surface area contributed by atoms with E-state index in [1.807, 2.05) is 7.05 Å². The topological polar surface area (TPSA) is 101 Å². The molecule has 0 unspecified atom stereocenters. The Morgan fingerprint density at radius 3 is 2.65 bits per heavy atom. The molecule has 0 bridgehead atoms. The van der Waals surface area contributed by atoms with E-state index in [-0.39, 0.29) is 28.3 Å². The Morgan fingerprint density at radius 2 is 1.95 bits per heavy atom. The number of anilines is 2. The maximum Gasteiger partial charge on any atom is 0.280 e. The molecule has 3 aromatic heterocycles. The van der Waals surface area contributed by atoms with Gasteiger partial charge in [-0.1, -0.05) is 23.2 Å². The van der Waals surface area contributed by atoms with Crippen molar-refractivity contribution < 1.29 is 23.1 Å². The van der Waals surface area contributed by atoms with Crippen LogP contribution in [0.2, 0.25) is 0 Å². The van der Waals surface area contributed by atoms with Gasteiger partial charge < -0.3 is 4.74 Å². The number of likely N-dealkylation sites (N-methyl/N-ethyl adjacent to an activating group) is 1. The smallest absolute Gasteiger partial charge is 0.280 e. The molecule has 206 valence electrons. The fraction of sp³-hybridized carbons (Fsp3) is 0.393. The predicted octanol–water partition coefficient (Wildman–Crippen LogP) is 4.37. The summed E-state index contributed by atoms with van der Waals surface area (Å²) in [5.74, 6) is 6.61. The van der Waals surface area contributed by atoms with Crippen molar-refractivity contribution >= 4 is 34.1 Å². The summed E-state index contributed by atoms with van der Waals surface area (Å²) in [6.45, 7) is 1.07. The fourth-order valence-electron chi connectivity index (χ4n) is 4.81. The summed E-state index contributed by atoms with van der Waals surface area (Å²) >= 11 is 1.25. The minimum absolute atomic E-state index is 0.0607. The lowest BCUT2D eigenvalue weighted by molar-refractivity contribution is -0.126. The maximum absolute atomic E-state index is 13.6. The third kappa shape index (κ3) is 4.91. The number of amides is 2. The molecule has 1 aliphatic heterocycles. The standard InChI is InChI=1S/C28H26F2N6O3S/c1-35-9-10-36(26(38)28(35)7-8-28)23-12-18(19-11-21(24(29)30)31-15-22(19)39-2)20(14-32-23)25(37)34-27-33-13-17(40-27)6-5-16-3-4-16/h11-16,24H,3-4,7-10H2,1-2H3,(H,33,34,37). The van der Waals surface area contributed by atoms with Gasteiger partial charge in [0.05, 0.1) is 29.9 Å². The number of hydrogen-bond acceptors (Lipinski definition) is 8. The average molecular weight is 565 g/mol. The van der Waals surface area contributed by atoms with Crippen LogP contribution in [0.4, 0.5) is 19.7 Å². The van der Waals surface area contributed by atoms with Crippen LogP contribution in [0.3, 0.4) is 0 Å². The number of nitrogens with zero attached hydrogens (tertiary/aromatic N) is 5. The number of piperazine rings is 1. The molecule has 3 aromatic rings. The highest BCUT2D eigenvalue weighted by molar-refractivity contribution is 7.16. The number of aromatic nitrogens is 3. The number of ether oxygens (including phenoxy) is 1. The lowest BCUT2D eigenvalue weighted by Crippen LogP contribution is -2.57. The molecule has 1 spiro atoms. The molecule has 40 heavy (non-hydrogen) atoms. The summed E-state index contributed by atoms with van der Waals surface area (Å²) in [7, 11) is 3.33. The van der Waals surface area contributed by atoms with Gasteiger partial charge in [0.15, 0.2) is 5.13 Å². The van der Waals surface area contributed by atoms with Crippen LogP contribution in [0.15, 0.2) is 30.7 Å². The van der Waals surface area contributed by atoms with Gasteiger partial charge in [-0.25, -0.2) is 18.7 Å². The van der Waals surface area contributed by atoms with E-state index in [2.05, 4.69) is 37.0 Å². The Labute approximate surface area is 233 Å². The van der Waals surface area contributed by atoms with Crippen LogP contribution in [0, 0.1) is 17.8 Å². The van der Waals surface area contributed by atoms with Crippen molar-refractivity contribution in [1.29, 1.82) is 0 Å². The van der Waals surface area contributed by atoms with E-state index < -0.39 is 23.6 Å². The van der Waals surface area contributed by atoms with E-state index in [1.54, 1.807) is 17.2 Å². The van der Waals surface area contributed by atoms with Crippen LogP contribution >= 0.6 is 11.3 Å². The largest absolute Gasteiger partial charge is 0.494 e. The van der Waals surface area contributed by atoms with E-state index in [0.29, 0.717) is 30.0 Å². The van der Waals surface area contributed by atoms with Crippen LogP contribution in [-0.2, 0) is 4.79 Å². The number of pyridine rings is 2. The number of alkyl halides is 2. The number of rotatable bonds is 6. The van der Waals surface area contributed by atoms with Crippen molar-refractivity contribution in [2.75, 3.05) is 37.5 Å². The zero-order chi connectivity index (χ0) is 28.0. The number of carbonyl (C=O) groups is 2. The van der Waals surface area contributed by atoms with Gasteiger partial charge in [0.25, 0.3) is 12.3 Å². The molecule has 1 N–H and O–H groups in total. The third-order valence-electron chi connectivity index (χ3n) is 7.49. The lowest BCUT2D eigenvalue weighted by Gasteiger charge is -2.38. The van der Waals surface area contributed by atoms with Gasteiger partial charge >= 0.3 is 0 Å². The molecule has 3 fully saturated rings. The highest BCUT2D eigenvalue weighted by atomic mass is 32.1. The number of hydrogen-bond donors (Lipinski definition) is 1. The zero-order valence-electron chi connectivity index (χ0n) is 21.9. The Bertz CT molecular complexity index is 1560. The van der Waals surface area contributed by atoms with Crippen molar-refractivity contribution in [3.63, 3.8) is 0 Å². The quantitative estimate of drug-likeness (QED) is 0.444. The fourth-order valence-corrected chi connectivity index (χ4v) is 5.49. The highest BCUT2D eigenvalue weighted by Gasteiger charge is 2.57. The third-order valence-corrected chi connectivity index (χ3v) is 8.32. The van der Waals surface area contributed by atoms with Gasteiger partial charge in [0.2, 0.25) is 5.91 Å². The summed E-state index contributed by atoms with van der Waals surface area (Å²) in [5.41, 5.74) is -0.368. The second kappa shape index (κ2) is 10.2. The average Bonchev–Trinajstić information content (AvgIpc) is 3.89. The normalized spacial score (nSPS) is 18.0. The molecule has 3 aliphatic rings. The summed E-state index contributed by atoms with van der Waals surface area (Å²) in [6, 6.07) is 2.78. The lowest BCUT2D eigenvalue weighted by atomic mass is 9.99. The molecule has 0 atom stereocenters. The second-order valence-electron chi connectivity index (χ2n) is 10.1. The molecule has 1 saturated heterocycles. The summed E-state index contributed by atoms with van der Waals surface area (Å²) < 4.78 is 32.7. The second-order valence-corrected chi connectivity index (χ2v) is 11.2. The number of nitrogens with one attached hydrogen (secondary N) is 1. The molecule has 6 rings (SSSR count). The van der Waals surface area contributed by atoms with Crippen molar-refractivity contribution in [2.24, 2.45) is 5.92 Å². The Morgan fingerprint density at radius 1 is 1.15 bits per heavy atom. The minimum Gasteiger partial charge on any atom is -0.494 e. The van der Waals surface area contributed by atoms with E-state index in [4.69, 9.17) is 4.74 Å². The number of thiazole rings is 1. The Balaban J connectivity index is 1.38. The van der Waals surface area contributed by atoms with E-state index in [9.17, 15) is 18.4 Å². The molecule has 4 heterocycles. The molecule has 2 saturated carbocycles. The van der Waals surface area contributed by atoms with Gasteiger partial charge in [-0.3, -0.25) is 29.7 Å². The molecule has 0 aromatic carbocycles. The monoisotopic (exact) mass is 564 g/mol. The highest BCUT2D eigenvalue weighted by Crippen LogP contribution is 2.45. The van der Waals surface area contributed by atoms with E-state index in [1.165, 1.54) is 36.9 Å². The first-order chi connectivity index (χ1) is 19.3. The van der Waals surface area contributed by atoms with Crippen LogP contribution < -0.4 is 15.0 Å². The van der Waals surface area contributed by atoms with Crippen molar-refractivity contribution in [1.82, 2.24) is 19.9 Å². The van der Waals surface area contributed by atoms with Crippen molar-refractivity contribution in [2.45, 2.75) is 37.6 Å². The first kappa shape index (κ1) is 26.3. The molecule has 2 amide bonds. The van der Waals surface area contributed by atoms with Gasteiger partial charge in [-0.2, -0.15) is 0 Å². The number of carbonyl (C=O) groups excluding carboxylic acids is 2. The Kier molecular flexibility index (Phi) is 6.72. The molecular weight excluding hydrogens is 538 g/mol. The summed E-state index contributed by atoms with van der Waals surface area (Å²) in [6.07, 6.45) is 5.07. The Hall–Kier alpha value is -3.95. The molecule has 0 radical (unpaired) electrons. The molecule has 9 nitrogen and oxygen atoms in total. The van der Waals surface area contributed by atoms with Crippen LogP contribution in [0.5, 0.6) is 5.75 Å². The summed E-state index contributed by atoms with van der Waals surface area (Å²) in [5, 5.41) is 3.12. The first-order valence-corrected chi connectivity index (χ1v) is 13.7. The zero-order valence-corrected chi connectivity index (χ0v) is 22.7. The SMILES string of the molecule is COc1cnc(C(F)F)cc1-c1cc(N2CCN(C)C3(CC3)C2=O)ncc1C(=O)Nc1ncc(C#CC2CC2)s1. The summed E-state index contributed by atoms with van der Waals surface area (Å²) in [4.78, 5) is 43.8. The van der Waals surface area contributed by atoms with E-state index in [0.717, 1.165) is 30.6 Å². The van der Waals surface area contributed by atoms with Crippen LogP contribution in [0.25, 0.3) is 11.1 Å². The van der Waals surface area contributed by atoms with Crippen molar-refractivity contribution in [3.8, 4) is 28.7 Å². The minimum atomic E-state index is -2.83. The van der Waals surface area contributed by atoms with Crippen LogP contribution in [-0.4, -0.2) is 64.5 Å². The van der Waals surface area contributed by atoms with Crippen molar-refractivity contribution in [3.05, 3.63) is 46.9 Å². The van der Waals surface area contributed by atoms with Gasteiger partial charge in [-0.05, 0) is 44.9 Å². The van der Waals surface area contributed by atoms with Crippen LogP contribution in [0.1, 0.15) is 53.0 Å². The predicted molar refractivity (Wildman–Crippen MR) is 146 cm³/mol. The molecule has 2 aliphatic carbocycles. The maximum atomic E-state index is 13.6. The van der Waals surface area contributed by atoms with E-state index >= 15 is 0 Å². The molecular formula is C28H26F2N6O3S. The molecule has 12 heteroatoms. The van der Waals surface area contributed by atoms with Gasteiger partial charge in [0, 0.05) is 36.3 Å². The number of halogens is 2. The van der Waals surface area contributed by atoms with Gasteiger partial charge in [-0.15, -0.1) is 0 Å². The van der Waals surface area contributed by atoms with Gasteiger partial charge in [0.1, 0.15) is 22.8 Å².